The molecule has 5 nitrogen and oxygen atoms in total. The van der Waals surface area contributed by atoms with Crippen molar-refractivity contribution in [2.75, 3.05) is 26.7 Å². The lowest BCUT2D eigenvalue weighted by molar-refractivity contribution is -0.140. The van der Waals surface area contributed by atoms with Crippen LogP contribution in [-0.4, -0.2) is 38.6 Å². The van der Waals surface area contributed by atoms with Crippen molar-refractivity contribution in [2.45, 2.75) is 44.9 Å². The zero-order valence-electron chi connectivity index (χ0n) is 12.3. The van der Waals surface area contributed by atoms with Crippen molar-refractivity contribution >= 4 is 24.3 Å². The summed E-state index contributed by atoms with van der Waals surface area (Å²) in [4.78, 5) is 22.6. The molecule has 6 heteroatoms. The molecule has 2 N–H and O–H groups in total. The Labute approximate surface area is 127 Å². The van der Waals surface area contributed by atoms with E-state index in [0.717, 1.165) is 58.2 Å². The van der Waals surface area contributed by atoms with Gasteiger partial charge >= 0.3 is 5.97 Å². The van der Waals surface area contributed by atoms with Gasteiger partial charge in [-0.25, -0.2) is 0 Å². The van der Waals surface area contributed by atoms with Crippen LogP contribution >= 0.6 is 12.4 Å². The summed E-state index contributed by atoms with van der Waals surface area (Å²) in [5, 5.41) is 6.18. The Kier molecular flexibility index (Phi) is 11.5. The Balaban J connectivity index is 0.00000361. The van der Waals surface area contributed by atoms with Gasteiger partial charge in [0, 0.05) is 19.5 Å². The number of ether oxygens (including phenoxy) is 1. The van der Waals surface area contributed by atoms with Gasteiger partial charge in [0.1, 0.15) is 0 Å². The molecule has 20 heavy (non-hydrogen) atoms. The van der Waals surface area contributed by atoms with Crippen molar-refractivity contribution < 1.29 is 14.3 Å². The van der Waals surface area contributed by atoms with Gasteiger partial charge in [-0.05, 0) is 25.8 Å². The second kappa shape index (κ2) is 12.0. The molecule has 0 saturated carbocycles. The minimum atomic E-state index is -0.127. The van der Waals surface area contributed by atoms with E-state index in [-0.39, 0.29) is 30.2 Å². The number of rotatable bonds is 9. The summed E-state index contributed by atoms with van der Waals surface area (Å²) in [6.07, 6.45) is 6.65. The van der Waals surface area contributed by atoms with Crippen LogP contribution in [0.2, 0.25) is 0 Å². The Hall–Kier alpha value is -0.810. The maximum absolute atomic E-state index is 11.7. The van der Waals surface area contributed by atoms with Gasteiger partial charge in [0.25, 0.3) is 0 Å². The first-order chi connectivity index (χ1) is 9.24. The maximum atomic E-state index is 11.7. The number of halogens is 1. The molecule has 0 aromatic rings. The molecule has 1 amide bonds. The molecule has 1 fully saturated rings. The lowest BCUT2D eigenvalue weighted by atomic mass is 10.1. The van der Waals surface area contributed by atoms with Crippen molar-refractivity contribution in [3.05, 3.63) is 0 Å². The van der Waals surface area contributed by atoms with Gasteiger partial charge in [-0.1, -0.05) is 19.3 Å². The SMILES string of the molecule is COC(=O)CCCCCCCNC(=O)C1CCNC1.Cl. The molecule has 1 aliphatic rings. The highest BCUT2D eigenvalue weighted by atomic mass is 35.5. The van der Waals surface area contributed by atoms with Gasteiger partial charge in [-0.3, -0.25) is 9.59 Å². The molecular formula is C14H27ClN2O3. The maximum Gasteiger partial charge on any atom is 0.305 e. The van der Waals surface area contributed by atoms with E-state index < -0.39 is 0 Å². The standard InChI is InChI=1S/C14H26N2O3.ClH/c1-19-13(17)7-5-3-2-4-6-9-16-14(18)12-8-10-15-11-12;/h12,15H,2-11H2,1H3,(H,16,18);1H. The number of hydrogen-bond acceptors (Lipinski definition) is 4. The third kappa shape index (κ3) is 8.38. The summed E-state index contributed by atoms with van der Waals surface area (Å²) in [6.45, 7) is 2.55. The summed E-state index contributed by atoms with van der Waals surface area (Å²) < 4.78 is 4.58. The first-order valence-corrected chi connectivity index (χ1v) is 7.29. The van der Waals surface area contributed by atoms with E-state index in [2.05, 4.69) is 15.4 Å². The number of unbranched alkanes of at least 4 members (excludes halogenated alkanes) is 4. The average Bonchev–Trinajstić information content (AvgIpc) is 2.95. The summed E-state index contributed by atoms with van der Waals surface area (Å²) >= 11 is 0. The monoisotopic (exact) mass is 306 g/mol. The fourth-order valence-electron chi connectivity index (χ4n) is 2.26. The third-order valence-electron chi connectivity index (χ3n) is 3.52. The number of nitrogens with one attached hydrogen (secondary N) is 2. The summed E-state index contributed by atoms with van der Waals surface area (Å²) in [7, 11) is 1.42. The number of esters is 1. The van der Waals surface area contributed by atoms with Crippen molar-refractivity contribution in [3.63, 3.8) is 0 Å². The van der Waals surface area contributed by atoms with Gasteiger partial charge in [0.2, 0.25) is 5.91 Å². The quantitative estimate of drug-likeness (QED) is 0.502. The lowest BCUT2D eigenvalue weighted by Crippen LogP contribution is -2.32. The first kappa shape index (κ1) is 19.2. The second-order valence-corrected chi connectivity index (χ2v) is 5.07. The first-order valence-electron chi connectivity index (χ1n) is 7.29. The van der Waals surface area contributed by atoms with Crippen LogP contribution in [0.1, 0.15) is 44.9 Å². The predicted octanol–water partition coefficient (Wildman–Crippen LogP) is 1.65. The van der Waals surface area contributed by atoms with Crippen LogP contribution in [0.25, 0.3) is 0 Å². The van der Waals surface area contributed by atoms with Crippen LogP contribution in [0, 0.1) is 5.92 Å². The summed E-state index contributed by atoms with van der Waals surface area (Å²) in [5.74, 6) is 0.230. The molecule has 0 spiro atoms. The fraction of sp³-hybridized carbons (Fsp3) is 0.857. The highest BCUT2D eigenvalue weighted by Gasteiger charge is 2.21. The molecule has 0 aromatic carbocycles. The Bertz CT molecular complexity index is 282. The number of methoxy groups -OCH3 is 1. The van der Waals surface area contributed by atoms with Gasteiger partial charge < -0.3 is 15.4 Å². The molecule has 1 unspecified atom stereocenters. The second-order valence-electron chi connectivity index (χ2n) is 5.07. The highest BCUT2D eigenvalue weighted by Crippen LogP contribution is 2.08. The number of carbonyl (C=O) groups is 2. The molecule has 1 aliphatic heterocycles. The molecule has 1 rings (SSSR count). The van der Waals surface area contributed by atoms with Crippen molar-refractivity contribution in [3.8, 4) is 0 Å². The van der Waals surface area contributed by atoms with Gasteiger partial charge in [-0.2, -0.15) is 0 Å². The van der Waals surface area contributed by atoms with Gasteiger partial charge in [-0.15, -0.1) is 12.4 Å². The minimum Gasteiger partial charge on any atom is -0.469 e. The molecule has 1 heterocycles. The molecule has 0 radical (unpaired) electrons. The van der Waals surface area contributed by atoms with E-state index >= 15 is 0 Å². The Morgan fingerprint density at radius 1 is 1.20 bits per heavy atom. The van der Waals surface area contributed by atoms with Crippen molar-refractivity contribution in [2.24, 2.45) is 5.92 Å². The lowest BCUT2D eigenvalue weighted by Gasteiger charge is -2.09. The van der Waals surface area contributed by atoms with Gasteiger partial charge in [0.05, 0.1) is 13.0 Å². The largest absolute Gasteiger partial charge is 0.469 e. The van der Waals surface area contributed by atoms with E-state index in [1.807, 2.05) is 0 Å². The summed E-state index contributed by atoms with van der Waals surface area (Å²) in [5.41, 5.74) is 0. The van der Waals surface area contributed by atoms with Crippen molar-refractivity contribution in [1.82, 2.24) is 10.6 Å². The van der Waals surface area contributed by atoms with Crippen LogP contribution < -0.4 is 10.6 Å². The Morgan fingerprint density at radius 3 is 2.55 bits per heavy atom. The average molecular weight is 307 g/mol. The van der Waals surface area contributed by atoms with Crippen LogP contribution in [0.4, 0.5) is 0 Å². The van der Waals surface area contributed by atoms with E-state index in [9.17, 15) is 9.59 Å². The molecule has 1 saturated heterocycles. The number of carbonyl (C=O) groups excluding carboxylic acids is 2. The molecule has 118 valence electrons. The van der Waals surface area contributed by atoms with Crippen LogP contribution in [0.15, 0.2) is 0 Å². The summed E-state index contributed by atoms with van der Waals surface area (Å²) in [6, 6.07) is 0. The zero-order valence-corrected chi connectivity index (χ0v) is 13.1. The smallest absolute Gasteiger partial charge is 0.305 e. The zero-order chi connectivity index (χ0) is 13.9. The minimum absolute atomic E-state index is 0. The normalized spacial score (nSPS) is 17.4. The van der Waals surface area contributed by atoms with Crippen LogP contribution in [0.5, 0.6) is 0 Å². The fourth-order valence-corrected chi connectivity index (χ4v) is 2.26. The molecule has 1 atom stereocenters. The van der Waals surface area contributed by atoms with Crippen LogP contribution in [0.3, 0.4) is 0 Å². The molecule has 0 bridgehead atoms. The molecule has 0 aliphatic carbocycles. The van der Waals surface area contributed by atoms with Gasteiger partial charge in [0.15, 0.2) is 0 Å². The molecular weight excluding hydrogens is 280 g/mol. The third-order valence-corrected chi connectivity index (χ3v) is 3.52. The molecule has 0 aromatic heterocycles. The van der Waals surface area contributed by atoms with Crippen molar-refractivity contribution in [1.29, 1.82) is 0 Å². The van der Waals surface area contributed by atoms with E-state index in [4.69, 9.17) is 0 Å². The van der Waals surface area contributed by atoms with E-state index in [1.165, 1.54) is 7.11 Å². The van der Waals surface area contributed by atoms with E-state index in [0.29, 0.717) is 6.42 Å². The number of hydrogen-bond donors (Lipinski definition) is 2. The Morgan fingerprint density at radius 2 is 1.90 bits per heavy atom. The predicted molar refractivity (Wildman–Crippen MR) is 81.0 cm³/mol. The topological polar surface area (TPSA) is 67.4 Å². The number of amides is 1. The van der Waals surface area contributed by atoms with E-state index in [1.54, 1.807) is 0 Å². The highest BCUT2D eigenvalue weighted by molar-refractivity contribution is 5.85. The van der Waals surface area contributed by atoms with Crippen LogP contribution in [-0.2, 0) is 14.3 Å².